The Labute approximate surface area is 246 Å². The van der Waals surface area contributed by atoms with Gasteiger partial charge in [-0.05, 0) is 47.4 Å². The number of fused-ring (bicyclic) bond motifs is 1. The van der Waals surface area contributed by atoms with Crippen LogP contribution in [-0.2, 0) is 24.9 Å². The van der Waals surface area contributed by atoms with Gasteiger partial charge in [0.2, 0.25) is 5.91 Å². The molecular weight excluding hydrogens is 564 g/mol. The van der Waals surface area contributed by atoms with Gasteiger partial charge in [-0.3, -0.25) is 19.9 Å². The number of urea groups is 1. The number of carbonyl (C=O) groups excluding carboxylic acids is 2. The van der Waals surface area contributed by atoms with Crippen molar-refractivity contribution in [1.82, 2.24) is 19.8 Å². The van der Waals surface area contributed by atoms with Crippen LogP contribution in [0.4, 0.5) is 19.4 Å². The quantitative estimate of drug-likeness (QED) is 0.258. The van der Waals surface area contributed by atoms with Crippen LogP contribution in [0, 0.1) is 11.6 Å². The fourth-order valence-electron chi connectivity index (χ4n) is 5.70. The lowest BCUT2D eigenvalue weighted by Gasteiger charge is -2.26. The Morgan fingerprint density at radius 2 is 1.88 bits per heavy atom. The third kappa shape index (κ3) is 5.23. The standard InChI is InChI=1S/C31H28ClF2N5O3/c1-3-26-23-12-19(30-35-15-28(37(30)2)39-11-10-27(40)36-31(39)41)6-7-20(23)17-38(26)16-18-4-8-22(9-5-18)42-29-24(32)13-21(33)14-25(29)34/h4-9,12-15,26H,3,10-11,16-17H2,1-2H3,(H,36,40,41)/t26-/m1/s1. The van der Waals surface area contributed by atoms with Crippen molar-refractivity contribution in [2.24, 2.45) is 7.05 Å². The number of halogens is 3. The van der Waals surface area contributed by atoms with Gasteiger partial charge in [-0.2, -0.15) is 0 Å². The minimum absolute atomic E-state index is 0.133. The molecule has 11 heteroatoms. The second-order valence-electron chi connectivity index (χ2n) is 10.4. The number of rotatable bonds is 7. The van der Waals surface area contributed by atoms with Gasteiger partial charge in [0, 0.05) is 50.8 Å². The van der Waals surface area contributed by atoms with Crippen LogP contribution in [0.5, 0.6) is 11.5 Å². The number of nitrogens with one attached hydrogen (secondary N) is 1. The summed E-state index contributed by atoms with van der Waals surface area (Å²) < 4.78 is 35.0. The van der Waals surface area contributed by atoms with E-state index in [0.717, 1.165) is 42.0 Å². The van der Waals surface area contributed by atoms with Gasteiger partial charge in [0.25, 0.3) is 0 Å². The molecule has 0 aliphatic carbocycles. The van der Waals surface area contributed by atoms with E-state index in [9.17, 15) is 18.4 Å². The van der Waals surface area contributed by atoms with E-state index >= 15 is 0 Å². The highest BCUT2D eigenvalue weighted by molar-refractivity contribution is 6.32. The fraction of sp³-hybridized carbons (Fsp3) is 0.258. The van der Waals surface area contributed by atoms with E-state index in [2.05, 4.69) is 34.3 Å². The number of ether oxygens (including phenoxy) is 1. The zero-order valence-electron chi connectivity index (χ0n) is 23.0. The van der Waals surface area contributed by atoms with Crippen LogP contribution < -0.4 is 15.0 Å². The maximum Gasteiger partial charge on any atom is 0.329 e. The minimum atomic E-state index is -0.862. The molecule has 0 bridgehead atoms. The molecule has 1 N–H and O–H groups in total. The summed E-state index contributed by atoms with van der Waals surface area (Å²) in [6.45, 7) is 3.96. The largest absolute Gasteiger partial charge is 0.453 e. The number of hydrogen-bond acceptors (Lipinski definition) is 5. The molecule has 0 saturated carbocycles. The van der Waals surface area contributed by atoms with E-state index in [1.807, 2.05) is 29.8 Å². The van der Waals surface area contributed by atoms with Crippen molar-refractivity contribution < 1.29 is 23.1 Å². The number of imide groups is 1. The molecule has 6 rings (SSSR count). The van der Waals surface area contributed by atoms with Crippen molar-refractivity contribution in [3.05, 3.63) is 94.1 Å². The van der Waals surface area contributed by atoms with E-state index in [1.165, 1.54) is 16.0 Å². The van der Waals surface area contributed by atoms with Gasteiger partial charge >= 0.3 is 6.03 Å². The Bertz CT molecular complexity index is 1670. The molecule has 216 valence electrons. The maximum absolute atomic E-state index is 14.1. The highest BCUT2D eigenvalue weighted by atomic mass is 35.5. The fourth-order valence-corrected chi connectivity index (χ4v) is 5.94. The SMILES string of the molecule is CC[C@@H]1c2cc(-c3ncc(N4CCC(=O)NC4=O)n3C)ccc2CN1Cc1ccc(Oc2c(F)cc(F)cc2Cl)cc1. The predicted molar refractivity (Wildman–Crippen MR) is 154 cm³/mol. The van der Waals surface area contributed by atoms with Crippen LogP contribution in [0.15, 0.2) is 60.8 Å². The Hall–Kier alpha value is -4.28. The zero-order chi connectivity index (χ0) is 29.5. The molecule has 0 radical (unpaired) electrons. The molecule has 2 aliphatic rings. The molecule has 0 unspecified atom stereocenters. The summed E-state index contributed by atoms with van der Waals surface area (Å²) >= 11 is 5.97. The van der Waals surface area contributed by atoms with Crippen LogP contribution in [0.2, 0.25) is 5.02 Å². The monoisotopic (exact) mass is 591 g/mol. The van der Waals surface area contributed by atoms with Crippen molar-refractivity contribution in [1.29, 1.82) is 0 Å². The highest BCUT2D eigenvalue weighted by Crippen LogP contribution is 2.40. The summed E-state index contributed by atoms with van der Waals surface area (Å²) in [6, 6.07) is 15.2. The molecule has 4 aromatic rings. The predicted octanol–water partition coefficient (Wildman–Crippen LogP) is 6.72. The van der Waals surface area contributed by atoms with Crippen molar-refractivity contribution in [2.75, 3.05) is 11.4 Å². The minimum Gasteiger partial charge on any atom is -0.453 e. The van der Waals surface area contributed by atoms with Crippen molar-refractivity contribution in [2.45, 2.75) is 38.9 Å². The second kappa shape index (κ2) is 11.2. The van der Waals surface area contributed by atoms with Gasteiger partial charge in [-0.1, -0.05) is 42.8 Å². The van der Waals surface area contributed by atoms with Crippen LogP contribution in [0.3, 0.4) is 0 Å². The van der Waals surface area contributed by atoms with E-state index in [4.69, 9.17) is 16.3 Å². The molecule has 42 heavy (non-hydrogen) atoms. The number of anilines is 1. The van der Waals surface area contributed by atoms with E-state index in [1.54, 1.807) is 18.3 Å². The molecule has 1 saturated heterocycles. The summed E-state index contributed by atoms with van der Waals surface area (Å²) in [7, 11) is 1.87. The van der Waals surface area contributed by atoms with Gasteiger partial charge in [-0.25, -0.2) is 18.6 Å². The van der Waals surface area contributed by atoms with Gasteiger partial charge in [-0.15, -0.1) is 0 Å². The van der Waals surface area contributed by atoms with Crippen LogP contribution >= 0.6 is 11.6 Å². The average Bonchev–Trinajstić information content (AvgIpc) is 3.50. The van der Waals surface area contributed by atoms with E-state index < -0.39 is 17.7 Å². The Morgan fingerprint density at radius 1 is 1.10 bits per heavy atom. The lowest BCUT2D eigenvalue weighted by Crippen LogP contribution is -2.50. The Morgan fingerprint density at radius 3 is 2.60 bits per heavy atom. The number of aromatic nitrogens is 2. The molecular formula is C31H28ClF2N5O3. The average molecular weight is 592 g/mol. The lowest BCUT2D eigenvalue weighted by molar-refractivity contribution is -0.120. The first-order chi connectivity index (χ1) is 20.2. The zero-order valence-corrected chi connectivity index (χ0v) is 23.8. The third-order valence-electron chi connectivity index (χ3n) is 7.75. The van der Waals surface area contributed by atoms with Crippen molar-refractivity contribution in [3.8, 4) is 22.9 Å². The second-order valence-corrected chi connectivity index (χ2v) is 10.8. The first-order valence-corrected chi connectivity index (χ1v) is 14.0. The molecule has 3 amide bonds. The van der Waals surface area contributed by atoms with Crippen LogP contribution in [0.1, 0.15) is 42.5 Å². The molecule has 1 fully saturated rings. The molecule has 3 heterocycles. The lowest BCUT2D eigenvalue weighted by atomic mass is 9.99. The van der Waals surface area contributed by atoms with Crippen molar-refractivity contribution in [3.63, 3.8) is 0 Å². The van der Waals surface area contributed by atoms with Crippen LogP contribution in [0.25, 0.3) is 11.4 Å². The first-order valence-electron chi connectivity index (χ1n) is 13.6. The first kappa shape index (κ1) is 27.9. The van der Waals surface area contributed by atoms with Crippen molar-refractivity contribution >= 4 is 29.4 Å². The number of benzene rings is 3. The summed E-state index contributed by atoms with van der Waals surface area (Å²) in [4.78, 5) is 32.5. The number of nitrogens with zero attached hydrogens (tertiary/aromatic N) is 4. The molecule has 8 nitrogen and oxygen atoms in total. The molecule has 0 spiro atoms. The van der Waals surface area contributed by atoms with Crippen LogP contribution in [-0.4, -0.2) is 32.9 Å². The maximum atomic E-state index is 14.1. The summed E-state index contributed by atoms with van der Waals surface area (Å²) in [5.74, 6) is -0.354. The topological polar surface area (TPSA) is 79.7 Å². The molecule has 3 aromatic carbocycles. The molecule has 1 aromatic heterocycles. The smallest absolute Gasteiger partial charge is 0.329 e. The van der Waals surface area contributed by atoms with Gasteiger partial charge in [0.15, 0.2) is 11.6 Å². The number of carbonyl (C=O) groups is 2. The van der Waals surface area contributed by atoms with Gasteiger partial charge in [0.1, 0.15) is 23.2 Å². The normalized spacial score (nSPS) is 17.0. The number of amides is 3. The van der Waals surface area contributed by atoms with Gasteiger partial charge < -0.3 is 9.30 Å². The number of hydrogen-bond donors (Lipinski definition) is 1. The third-order valence-corrected chi connectivity index (χ3v) is 8.03. The van der Waals surface area contributed by atoms with Gasteiger partial charge in [0.05, 0.1) is 11.2 Å². The summed E-state index contributed by atoms with van der Waals surface area (Å²) in [5, 5.41) is 2.23. The Kier molecular flexibility index (Phi) is 7.42. The Balaban J connectivity index is 1.18. The van der Waals surface area contributed by atoms with E-state index in [-0.39, 0.29) is 29.1 Å². The van der Waals surface area contributed by atoms with E-state index in [0.29, 0.717) is 24.7 Å². The molecule has 1 atom stereocenters. The molecule has 2 aliphatic heterocycles. The highest BCUT2D eigenvalue weighted by Gasteiger charge is 2.31. The summed E-state index contributed by atoms with van der Waals surface area (Å²) in [5.41, 5.74) is 4.49. The number of imidazole rings is 1. The summed E-state index contributed by atoms with van der Waals surface area (Å²) in [6.07, 6.45) is 2.82.